The minimum atomic E-state index is -3.65. The molecule has 188 valence electrons. The Morgan fingerprint density at radius 1 is 1.14 bits per heavy atom. The van der Waals surface area contributed by atoms with Crippen molar-refractivity contribution in [1.29, 1.82) is 0 Å². The fourth-order valence-corrected chi connectivity index (χ4v) is 3.79. The van der Waals surface area contributed by atoms with Gasteiger partial charge in [0.1, 0.15) is 5.82 Å². The topological polar surface area (TPSA) is 149 Å². The van der Waals surface area contributed by atoms with Crippen LogP contribution in [0.2, 0.25) is 0 Å². The Hall–Kier alpha value is -3.84. The van der Waals surface area contributed by atoms with E-state index in [1.807, 2.05) is 20.8 Å². The number of ether oxygens (including phenoxy) is 1. The van der Waals surface area contributed by atoms with E-state index in [2.05, 4.69) is 21.0 Å². The number of benzene rings is 2. The number of carbonyl (C=O) groups is 2. The Labute approximate surface area is 201 Å². The molecule has 0 aliphatic carbocycles. The SMILES string of the molecule is COc1c(NC(=O)c2ccc(F)c(N3C=C(C(=O)O)NN3)c2)cc(C(C)(C)C)cc1NS(C)(=O)=O. The number of nitrogens with zero attached hydrogens (tertiary/aromatic N) is 1. The summed E-state index contributed by atoms with van der Waals surface area (Å²) < 4.78 is 46.0. The molecule has 1 aliphatic heterocycles. The molecular formula is C22H26FN5O6S. The molecule has 2 aromatic carbocycles. The van der Waals surface area contributed by atoms with E-state index in [0.29, 0.717) is 0 Å². The van der Waals surface area contributed by atoms with Crippen LogP contribution < -0.4 is 30.7 Å². The van der Waals surface area contributed by atoms with Crippen LogP contribution in [0.5, 0.6) is 5.75 Å². The number of amides is 1. The summed E-state index contributed by atoms with van der Waals surface area (Å²) in [4.78, 5) is 24.2. The van der Waals surface area contributed by atoms with Crippen molar-refractivity contribution in [1.82, 2.24) is 11.0 Å². The van der Waals surface area contributed by atoms with Crippen LogP contribution >= 0.6 is 0 Å². The number of aliphatic carboxylic acids is 1. The molecule has 1 amide bonds. The average molecular weight is 508 g/mol. The van der Waals surface area contributed by atoms with Crippen LogP contribution in [0.15, 0.2) is 42.2 Å². The summed E-state index contributed by atoms with van der Waals surface area (Å²) >= 11 is 0. The van der Waals surface area contributed by atoms with Gasteiger partial charge >= 0.3 is 5.97 Å². The quantitative estimate of drug-likeness (QED) is 0.381. The zero-order valence-electron chi connectivity index (χ0n) is 19.7. The van der Waals surface area contributed by atoms with Gasteiger partial charge in [-0.05, 0) is 41.3 Å². The van der Waals surface area contributed by atoms with Crippen molar-refractivity contribution in [2.45, 2.75) is 26.2 Å². The lowest BCUT2D eigenvalue weighted by Crippen LogP contribution is -2.37. The summed E-state index contributed by atoms with van der Waals surface area (Å²) in [6.07, 6.45) is 2.13. The van der Waals surface area contributed by atoms with Crippen LogP contribution in [0.25, 0.3) is 0 Å². The fraction of sp³-hybridized carbons (Fsp3) is 0.273. The number of halogens is 1. The van der Waals surface area contributed by atoms with E-state index in [1.54, 1.807) is 12.1 Å². The van der Waals surface area contributed by atoms with E-state index in [1.165, 1.54) is 19.2 Å². The second-order valence-electron chi connectivity index (χ2n) is 8.80. The average Bonchev–Trinajstić information content (AvgIpc) is 3.22. The van der Waals surface area contributed by atoms with Crippen LogP contribution in [0, 0.1) is 5.82 Å². The number of anilines is 3. The molecule has 0 fully saturated rings. The largest absolute Gasteiger partial charge is 0.492 e. The first-order valence-corrected chi connectivity index (χ1v) is 12.2. The van der Waals surface area contributed by atoms with Gasteiger partial charge < -0.3 is 15.2 Å². The van der Waals surface area contributed by atoms with Crippen LogP contribution in [0.4, 0.5) is 21.5 Å². The van der Waals surface area contributed by atoms with Crippen LogP contribution in [0.3, 0.4) is 0 Å². The minimum absolute atomic E-state index is 0.0567. The van der Waals surface area contributed by atoms with Gasteiger partial charge in [0.25, 0.3) is 5.91 Å². The number of hydrazine groups is 2. The Balaban J connectivity index is 2.01. The Morgan fingerprint density at radius 2 is 1.80 bits per heavy atom. The molecule has 3 rings (SSSR count). The summed E-state index contributed by atoms with van der Waals surface area (Å²) in [7, 11) is -2.31. The smallest absolute Gasteiger partial charge is 0.354 e. The number of rotatable bonds is 7. The van der Waals surface area contributed by atoms with Crippen molar-refractivity contribution in [3.8, 4) is 5.75 Å². The molecule has 1 aliphatic rings. The molecule has 0 saturated carbocycles. The molecule has 0 bridgehead atoms. The third-order valence-electron chi connectivity index (χ3n) is 4.97. The van der Waals surface area contributed by atoms with Gasteiger partial charge in [-0.15, -0.1) is 5.53 Å². The normalized spacial score (nSPS) is 13.7. The van der Waals surface area contributed by atoms with E-state index in [-0.39, 0.29) is 34.1 Å². The van der Waals surface area contributed by atoms with Gasteiger partial charge in [-0.25, -0.2) is 17.6 Å². The van der Waals surface area contributed by atoms with Gasteiger partial charge in [-0.3, -0.25) is 20.0 Å². The fourth-order valence-electron chi connectivity index (χ4n) is 3.24. The maximum atomic E-state index is 14.5. The van der Waals surface area contributed by atoms with Gasteiger partial charge in [0.2, 0.25) is 10.0 Å². The highest BCUT2D eigenvalue weighted by atomic mass is 32.2. The first-order chi connectivity index (χ1) is 16.2. The van der Waals surface area contributed by atoms with Crippen LogP contribution in [-0.4, -0.2) is 38.8 Å². The first-order valence-electron chi connectivity index (χ1n) is 10.3. The van der Waals surface area contributed by atoms with Crippen molar-refractivity contribution in [2.75, 3.05) is 28.4 Å². The summed E-state index contributed by atoms with van der Waals surface area (Å²) in [6.45, 7) is 5.77. The highest BCUT2D eigenvalue weighted by Gasteiger charge is 2.24. The maximum absolute atomic E-state index is 14.5. The van der Waals surface area contributed by atoms with E-state index < -0.39 is 33.1 Å². The summed E-state index contributed by atoms with van der Waals surface area (Å²) in [5.41, 5.74) is 5.28. The molecule has 13 heteroatoms. The van der Waals surface area contributed by atoms with E-state index in [9.17, 15) is 22.4 Å². The number of nitrogens with one attached hydrogen (secondary N) is 4. The predicted octanol–water partition coefficient (Wildman–Crippen LogP) is 2.51. The van der Waals surface area contributed by atoms with Gasteiger partial charge in [0, 0.05) is 5.56 Å². The second-order valence-corrected chi connectivity index (χ2v) is 10.6. The molecule has 0 spiro atoms. The number of carboxylic acid groups (broad SMARTS) is 1. The molecule has 35 heavy (non-hydrogen) atoms. The van der Waals surface area contributed by atoms with Crippen molar-refractivity contribution in [3.63, 3.8) is 0 Å². The molecule has 2 aromatic rings. The number of sulfonamides is 1. The number of hydrogen-bond acceptors (Lipinski definition) is 8. The lowest BCUT2D eigenvalue weighted by atomic mass is 9.86. The lowest BCUT2D eigenvalue weighted by molar-refractivity contribution is -0.133. The summed E-state index contributed by atoms with van der Waals surface area (Å²) in [5.74, 6) is -2.49. The van der Waals surface area contributed by atoms with E-state index in [4.69, 9.17) is 9.84 Å². The van der Waals surface area contributed by atoms with Crippen molar-refractivity contribution >= 4 is 39.0 Å². The van der Waals surface area contributed by atoms with Crippen LogP contribution in [-0.2, 0) is 20.2 Å². The highest BCUT2D eigenvalue weighted by molar-refractivity contribution is 7.92. The molecule has 11 nitrogen and oxygen atoms in total. The molecule has 0 aromatic heterocycles. The van der Waals surface area contributed by atoms with Gasteiger partial charge in [-0.2, -0.15) is 0 Å². The molecular weight excluding hydrogens is 481 g/mol. The molecule has 0 saturated heterocycles. The lowest BCUT2D eigenvalue weighted by Gasteiger charge is -2.24. The molecule has 5 N–H and O–H groups in total. The van der Waals surface area contributed by atoms with E-state index >= 15 is 0 Å². The van der Waals surface area contributed by atoms with Crippen LogP contribution in [0.1, 0.15) is 36.7 Å². The Kier molecular flexibility index (Phi) is 6.94. The summed E-state index contributed by atoms with van der Waals surface area (Å²) in [6, 6.07) is 6.86. The number of hydrogen-bond donors (Lipinski definition) is 5. The molecule has 0 atom stereocenters. The Morgan fingerprint density at radius 3 is 2.34 bits per heavy atom. The first kappa shape index (κ1) is 25.8. The van der Waals surface area contributed by atoms with Gasteiger partial charge in [-0.1, -0.05) is 20.8 Å². The Bertz CT molecular complexity index is 1320. The van der Waals surface area contributed by atoms with Crippen molar-refractivity contribution in [3.05, 3.63) is 59.2 Å². The van der Waals surface area contributed by atoms with Crippen molar-refractivity contribution in [2.24, 2.45) is 0 Å². The standard InChI is InChI=1S/C22H26FN5O6S/c1-22(2,3)13-9-15(19(34-4)16(10-13)26-35(5,32)33)24-20(29)12-6-7-14(23)18(8-12)28-11-17(21(30)31)25-27-28/h6-11,25-27H,1-5H3,(H,24,29)(H,30,31). The highest BCUT2D eigenvalue weighted by Crippen LogP contribution is 2.39. The van der Waals surface area contributed by atoms with Gasteiger partial charge in [0.05, 0.1) is 36.6 Å². The number of carbonyl (C=O) groups excluding carboxylic acids is 1. The van der Waals surface area contributed by atoms with Crippen molar-refractivity contribution < 1.29 is 32.2 Å². The molecule has 0 unspecified atom stereocenters. The third-order valence-corrected chi connectivity index (χ3v) is 5.56. The number of methoxy groups -OCH3 is 1. The zero-order valence-corrected chi connectivity index (χ0v) is 20.5. The third kappa shape index (κ3) is 6.00. The minimum Gasteiger partial charge on any atom is -0.492 e. The monoisotopic (exact) mass is 507 g/mol. The number of carboxylic acids is 1. The predicted molar refractivity (Wildman–Crippen MR) is 129 cm³/mol. The summed E-state index contributed by atoms with van der Waals surface area (Å²) in [5, 5.41) is 12.8. The molecule has 0 radical (unpaired) electrons. The van der Waals surface area contributed by atoms with Gasteiger partial charge in [0.15, 0.2) is 11.4 Å². The zero-order chi connectivity index (χ0) is 26.1. The maximum Gasteiger partial charge on any atom is 0.354 e. The molecule has 1 heterocycles. The second kappa shape index (κ2) is 9.43. The van der Waals surface area contributed by atoms with E-state index in [0.717, 1.165) is 29.1 Å².